The first-order valence-electron chi connectivity index (χ1n) is 8.64. The summed E-state index contributed by atoms with van der Waals surface area (Å²) >= 11 is 0. The Labute approximate surface area is 155 Å². The molecule has 1 amide bonds. The third-order valence-electron chi connectivity index (χ3n) is 4.46. The predicted octanol–water partition coefficient (Wildman–Crippen LogP) is 4.47. The molecule has 0 saturated carbocycles. The fourth-order valence-corrected chi connectivity index (χ4v) is 3.07. The third-order valence-corrected chi connectivity index (χ3v) is 4.46. The standard InChI is InChI=1S/C20H20F3NO3/c1-26-9-10-27-18-8-7-16(20(21,22)23)12-17(18)24-19(25)15-6-5-13-3-2-4-14(13)11-15/h5-8,11-12H,2-4,9-10H2,1H3,(H,24,25). The van der Waals surface area contributed by atoms with Crippen LogP contribution in [0.4, 0.5) is 18.9 Å². The SMILES string of the molecule is COCCOc1ccc(C(F)(F)F)cc1NC(=O)c1ccc2c(c1)CCC2. The lowest BCUT2D eigenvalue weighted by atomic mass is 10.1. The number of rotatable bonds is 6. The number of ether oxygens (including phenoxy) is 2. The van der Waals surface area contributed by atoms with Crippen LogP contribution in [0.1, 0.15) is 33.5 Å². The van der Waals surface area contributed by atoms with E-state index in [0.29, 0.717) is 5.56 Å². The molecule has 0 aromatic heterocycles. The molecule has 7 heteroatoms. The Morgan fingerprint density at radius 2 is 1.85 bits per heavy atom. The fourth-order valence-electron chi connectivity index (χ4n) is 3.07. The largest absolute Gasteiger partial charge is 0.489 e. The highest BCUT2D eigenvalue weighted by molar-refractivity contribution is 6.05. The average Bonchev–Trinajstić information content (AvgIpc) is 3.09. The topological polar surface area (TPSA) is 47.6 Å². The quantitative estimate of drug-likeness (QED) is 0.754. The van der Waals surface area contributed by atoms with E-state index < -0.39 is 17.6 Å². The number of hydrogen-bond acceptors (Lipinski definition) is 3. The molecule has 0 spiro atoms. The van der Waals surface area contributed by atoms with Gasteiger partial charge in [0.25, 0.3) is 5.91 Å². The molecular formula is C20H20F3NO3. The van der Waals surface area contributed by atoms with Gasteiger partial charge in [-0.05, 0) is 60.7 Å². The van der Waals surface area contributed by atoms with Crippen molar-refractivity contribution >= 4 is 11.6 Å². The number of anilines is 1. The molecule has 1 aliphatic rings. The maximum absolute atomic E-state index is 13.0. The molecule has 0 atom stereocenters. The summed E-state index contributed by atoms with van der Waals surface area (Å²) in [5, 5.41) is 2.55. The Hall–Kier alpha value is -2.54. The van der Waals surface area contributed by atoms with Gasteiger partial charge in [-0.1, -0.05) is 6.07 Å². The van der Waals surface area contributed by atoms with Gasteiger partial charge in [0.1, 0.15) is 12.4 Å². The van der Waals surface area contributed by atoms with E-state index in [2.05, 4.69) is 5.32 Å². The van der Waals surface area contributed by atoms with E-state index in [4.69, 9.17) is 9.47 Å². The predicted molar refractivity (Wildman–Crippen MR) is 95.2 cm³/mol. The first kappa shape index (κ1) is 19.2. The number of fused-ring (bicyclic) bond motifs is 1. The van der Waals surface area contributed by atoms with Gasteiger partial charge in [-0.15, -0.1) is 0 Å². The van der Waals surface area contributed by atoms with Gasteiger partial charge in [-0.2, -0.15) is 13.2 Å². The summed E-state index contributed by atoms with van der Waals surface area (Å²) in [5.41, 5.74) is 1.87. The number of carbonyl (C=O) groups is 1. The Morgan fingerprint density at radius 1 is 1.07 bits per heavy atom. The van der Waals surface area contributed by atoms with Crippen LogP contribution < -0.4 is 10.1 Å². The molecule has 0 fully saturated rings. The lowest BCUT2D eigenvalue weighted by molar-refractivity contribution is -0.137. The molecule has 0 radical (unpaired) electrons. The second-order valence-electron chi connectivity index (χ2n) is 6.34. The van der Waals surface area contributed by atoms with Crippen LogP contribution in [0, 0.1) is 0 Å². The van der Waals surface area contributed by atoms with Crippen molar-refractivity contribution in [3.63, 3.8) is 0 Å². The number of methoxy groups -OCH3 is 1. The number of aryl methyl sites for hydroxylation is 2. The van der Waals surface area contributed by atoms with Crippen molar-refractivity contribution < 1.29 is 27.4 Å². The molecule has 27 heavy (non-hydrogen) atoms. The second-order valence-corrected chi connectivity index (χ2v) is 6.34. The highest BCUT2D eigenvalue weighted by Gasteiger charge is 2.31. The van der Waals surface area contributed by atoms with E-state index in [9.17, 15) is 18.0 Å². The smallest absolute Gasteiger partial charge is 0.416 e. The minimum Gasteiger partial charge on any atom is -0.489 e. The van der Waals surface area contributed by atoms with Gasteiger partial charge in [0, 0.05) is 12.7 Å². The number of benzene rings is 2. The Kier molecular flexibility index (Phi) is 5.70. The molecule has 3 rings (SSSR count). The molecular weight excluding hydrogens is 359 g/mol. The molecule has 2 aromatic rings. The van der Waals surface area contributed by atoms with Crippen molar-refractivity contribution in [2.24, 2.45) is 0 Å². The summed E-state index contributed by atoms with van der Waals surface area (Å²) in [6.45, 7) is 0.433. The number of alkyl halides is 3. The first-order valence-corrected chi connectivity index (χ1v) is 8.64. The highest BCUT2D eigenvalue weighted by atomic mass is 19.4. The van der Waals surface area contributed by atoms with Gasteiger partial charge in [-0.25, -0.2) is 0 Å². The molecule has 0 unspecified atom stereocenters. The molecule has 4 nitrogen and oxygen atoms in total. The van der Waals surface area contributed by atoms with Crippen LogP contribution in [0.2, 0.25) is 0 Å². The first-order chi connectivity index (χ1) is 12.9. The maximum Gasteiger partial charge on any atom is 0.416 e. The molecule has 0 heterocycles. The van der Waals surface area contributed by atoms with Crippen molar-refractivity contribution in [1.82, 2.24) is 0 Å². The summed E-state index contributed by atoms with van der Waals surface area (Å²) in [6, 6.07) is 8.41. The van der Waals surface area contributed by atoms with Crippen LogP contribution in [-0.4, -0.2) is 26.2 Å². The molecule has 0 aliphatic heterocycles. The maximum atomic E-state index is 13.0. The molecule has 1 N–H and O–H groups in total. The molecule has 0 bridgehead atoms. The Morgan fingerprint density at radius 3 is 2.59 bits per heavy atom. The number of hydrogen-bond donors (Lipinski definition) is 1. The average molecular weight is 379 g/mol. The van der Waals surface area contributed by atoms with E-state index in [1.54, 1.807) is 12.1 Å². The highest BCUT2D eigenvalue weighted by Crippen LogP contribution is 2.35. The van der Waals surface area contributed by atoms with E-state index in [1.807, 2.05) is 6.07 Å². The lowest BCUT2D eigenvalue weighted by Gasteiger charge is -2.15. The minimum atomic E-state index is -4.52. The number of carbonyl (C=O) groups excluding carboxylic acids is 1. The van der Waals surface area contributed by atoms with Gasteiger partial charge >= 0.3 is 6.18 Å². The van der Waals surface area contributed by atoms with Crippen molar-refractivity contribution in [2.75, 3.05) is 25.6 Å². The van der Waals surface area contributed by atoms with Crippen LogP contribution in [0.15, 0.2) is 36.4 Å². The molecule has 0 saturated heterocycles. The zero-order valence-electron chi connectivity index (χ0n) is 14.9. The van der Waals surface area contributed by atoms with Crippen molar-refractivity contribution in [1.29, 1.82) is 0 Å². The van der Waals surface area contributed by atoms with Crippen LogP contribution in [-0.2, 0) is 23.8 Å². The van der Waals surface area contributed by atoms with Crippen LogP contribution in [0.25, 0.3) is 0 Å². The third kappa shape index (κ3) is 4.60. The number of amides is 1. The molecule has 144 valence electrons. The van der Waals surface area contributed by atoms with Crippen molar-refractivity contribution in [3.05, 3.63) is 58.7 Å². The van der Waals surface area contributed by atoms with Crippen LogP contribution in [0.5, 0.6) is 5.75 Å². The number of nitrogens with one attached hydrogen (secondary N) is 1. The fraction of sp³-hybridized carbons (Fsp3) is 0.350. The van der Waals surface area contributed by atoms with Crippen LogP contribution >= 0.6 is 0 Å². The van der Waals surface area contributed by atoms with E-state index in [-0.39, 0.29) is 24.7 Å². The summed E-state index contributed by atoms with van der Waals surface area (Å²) in [4.78, 5) is 12.6. The van der Waals surface area contributed by atoms with Gasteiger partial charge in [-0.3, -0.25) is 4.79 Å². The summed E-state index contributed by atoms with van der Waals surface area (Å²) in [7, 11) is 1.49. The van der Waals surface area contributed by atoms with Gasteiger partial charge in [0.05, 0.1) is 17.9 Å². The Bertz CT molecular complexity index is 834. The van der Waals surface area contributed by atoms with E-state index in [1.165, 1.54) is 18.7 Å². The molecule has 1 aliphatic carbocycles. The lowest BCUT2D eigenvalue weighted by Crippen LogP contribution is -2.15. The van der Waals surface area contributed by atoms with E-state index in [0.717, 1.165) is 37.0 Å². The van der Waals surface area contributed by atoms with Gasteiger partial charge in [0.15, 0.2) is 0 Å². The molecule has 2 aromatic carbocycles. The zero-order valence-corrected chi connectivity index (χ0v) is 14.9. The second kappa shape index (κ2) is 8.00. The van der Waals surface area contributed by atoms with Crippen molar-refractivity contribution in [3.8, 4) is 5.75 Å². The number of halogens is 3. The summed E-state index contributed by atoms with van der Waals surface area (Å²) in [5.74, 6) is -0.310. The monoisotopic (exact) mass is 379 g/mol. The van der Waals surface area contributed by atoms with Crippen LogP contribution in [0.3, 0.4) is 0 Å². The Balaban J connectivity index is 1.85. The minimum absolute atomic E-state index is 0.0218. The zero-order chi connectivity index (χ0) is 19.4. The summed E-state index contributed by atoms with van der Waals surface area (Å²) < 4.78 is 49.5. The van der Waals surface area contributed by atoms with Crippen molar-refractivity contribution in [2.45, 2.75) is 25.4 Å². The van der Waals surface area contributed by atoms with Gasteiger partial charge in [0.2, 0.25) is 0 Å². The summed E-state index contributed by atoms with van der Waals surface area (Å²) in [6.07, 6.45) is -1.57. The van der Waals surface area contributed by atoms with Gasteiger partial charge < -0.3 is 14.8 Å². The van der Waals surface area contributed by atoms with E-state index >= 15 is 0 Å². The normalized spacial score (nSPS) is 13.3.